The second-order valence-electron chi connectivity index (χ2n) is 3.93. The number of hydrogen-bond donors (Lipinski definition) is 2. The van der Waals surface area contributed by atoms with Gasteiger partial charge in [0.2, 0.25) is 5.91 Å². The van der Waals surface area contributed by atoms with E-state index in [-0.39, 0.29) is 5.91 Å². The van der Waals surface area contributed by atoms with Crippen molar-refractivity contribution < 1.29 is 4.79 Å². The highest BCUT2D eigenvalue weighted by atomic mass is 16.1. The normalized spacial score (nSPS) is 26.1. The summed E-state index contributed by atoms with van der Waals surface area (Å²) in [5.74, 6) is 0.623. The topological polar surface area (TPSA) is 55.1 Å². The lowest BCUT2D eigenvalue weighted by Gasteiger charge is -2.19. The van der Waals surface area contributed by atoms with Gasteiger partial charge in [0.25, 0.3) is 0 Å². The standard InChI is InChI=1S/C11H20N2O/c1-2-3-7-11(14)13-10-6-4-5-9(10)8-12/h2,9-10H,1,3-8,12H2,(H,13,14). The van der Waals surface area contributed by atoms with E-state index in [0.717, 1.165) is 19.3 Å². The third kappa shape index (κ3) is 3.14. The van der Waals surface area contributed by atoms with E-state index < -0.39 is 0 Å². The molecule has 0 spiro atoms. The van der Waals surface area contributed by atoms with Gasteiger partial charge in [0.05, 0.1) is 0 Å². The number of nitrogens with one attached hydrogen (secondary N) is 1. The van der Waals surface area contributed by atoms with Gasteiger partial charge in [-0.05, 0) is 31.7 Å². The fourth-order valence-corrected chi connectivity index (χ4v) is 2.02. The van der Waals surface area contributed by atoms with Gasteiger partial charge in [-0.2, -0.15) is 0 Å². The molecule has 1 aliphatic carbocycles. The Morgan fingerprint density at radius 1 is 1.57 bits per heavy atom. The van der Waals surface area contributed by atoms with Gasteiger partial charge in [0, 0.05) is 12.5 Å². The monoisotopic (exact) mass is 196 g/mol. The first kappa shape index (κ1) is 11.2. The number of hydrogen-bond acceptors (Lipinski definition) is 2. The molecule has 2 unspecified atom stereocenters. The summed E-state index contributed by atoms with van der Waals surface area (Å²) in [6.07, 6.45) is 6.51. The number of carbonyl (C=O) groups is 1. The Labute approximate surface area is 85.7 Å². The van der Waals surface area contributed by atoms with Crippen LogP contribution in [-0.4, -0.2) is 18.5 Å². The van der Waals surface area contributed by atoms with Gasteiger partial charge in [-0.3, -0.25) is 4.79 Å². The second kappa shape index (κ2) is 5.81. The van der Waals surface area contributed by atoms with E-state index in [1.54, 1.807) is 6.08 Å². The highest BCUT2D eigenvalue weighted by Gasteiger charge is 2.26. The van der Waals surface area contributed by atoms with Crippen molar-refractivity contribution in [3.63, 3.8) is 0 Å². The fraction of sp³-hybridized carbons (Fsp3) is 0.727. The summed E-state index contributed by atoms with van der Waals surface area (Å²) < 4.78 is 0. The maximum Gasteiger partial charge on any atom is 0.220 e. The van der Waals surface area contributed by atoms with E-state index >= 15 is 0 Å². The summed E-state index contributed by atoms with van der Waals surface area (Å²) in [5.41, 5.74) is 5.63. The lowest BCUT2D eigenvalue weighted by Crippen LogP contribution is -2.39. The summed E-state index contributed by atoms with van der Waals surface area (Å²) in [4.78, 5) is 11.4. The van der Waals surface area contributed by atoms with Crippen molar-refractivity contribution in [3.05, 3.63) is 12.7 Å². The van der Waals surface area contributed by atoms with Crippen LogP contribution in [0.2, 0.25) is 0 Å². The predicted molar refractivity (Wildman–Crippen MR) is 57.8 cm³/mol. The number of amides is 1. The van der Waals surface area contributed by atoms with Crippen LogP contribution < -0.4 is 11.1 Å². The van der Waals surface area contributed by atoms with Gasteiger partial charge in [-0.25, -0.2) is 0 Å². The van der Waals surface area contributed by atoms with Crippen LogP contribution in [0, 0.1) is 5.92 Å². The molecule has 1 aliphatic rings. The Bertz CT molecular complexity index is 203. The number of rotatable bonds is 5. The highest BCUT2D eigenvalue weighted by molar-refractivity contribution is 5.76. The predicted octanol–water partition coefficient (Wildman–Crippen LogP) is 1.20. The summed E-state index contributed by atoms with van der Waals surface area (Å²) in [6, 6.07) is 0.317. The lowest BCUT2D eigenvalue weighted by atomic mass is 10.0. The molecular weight excluding hydrogens is 176 g/mol. The smallest absolute Gasteiger partial charge is 0.220 e. The average Bonchev–Trinajstić information content (AvgIpc) is 2.62. The van der Waals surface area contributed by atoms with Gasteiger partial charge in [-0.15, -0.1) is 6.58 Å². The molecule has 1 saturated carbocycles. The van der Waals surface area contributed by atoms with Crippen molar-refractivity contribution in [2.45, 2.75) is 38.1 Å². The van der Waals surface area contributed by atoms with Crippen LogP contribution in [0.4, 0.5) is 0 Å². The largest absolute Gasteiger partial charge is 0.353 e. The van der Waals surface area contributed by atoms with Gasteiger partial charge in [0.15, 0.2) is 0 Å². The van der Waals surface area contributed by atoms with E-state index in [1.807, 2.05) is 0 Å². The molecule has 0 aromatic carbocycles. The Morgan fingerprint density at radius 2 is 2.36 bits per heavy atom. The molecule has 0 aromatic rings. The molecule has 1 fully saturated rings. The molecule has 0 aromatic heterocycles. The third-order valence-corrected chi connectivity index (χ3v) is 2.88. The molecule has 0 bridgehead atoms. The van der Waals surface area contributed by atoms with Crippen molar-refractivity contribution in [2.75, 3.05) is 6.54 Å². The van der Waals surface area contributed by atoms with E-state index in [2.05, 4.69) is 11.9 Å². The SMILES string of the molecule is C=CCCC(=O)NC1CCCC1CN. The van der Waals surface area contributed by atoms with Gasteiger partial charge < -0.3 is 11.1 Å². The Kier molecular flexibility index (Phi) is 4.66. The minimum atomic E-state index is 0.134. The Balaban J connectivity index is 2.28. The molecule has 1 rings (SSSR count). The van der Waals surface area contributed by atoms with Crippen LogP contribution in [-0.2, 0) is 4.79 Å². The summed E-state index contributed by atoms with van der Waals surface area (Å²) >= 11 is 0. The van der Waals surface area contributed by atoms with Gasteiger partial charge in [-0.1, -0.05) is 12.5 Å². The van der Waals surface area contributed by atoms with Crippen molar-refractivity contribution in [1.29, 1.82) is 0 Å². The number of allylic oxidation sites excluding steroid dienone is 1. The van der Waals surface area contributed by atoms with Gasteiger partial charge >= 0.3 is 0 Å². The summed E-state index contributed by atoms with van der Waals surface area (Å²) in [6.45, 7) is 4.28. The van der Waals surface area contributed by atoms with E-state index in [4.69, 9.17) is 5.73 Å². The van der Waals surface area contributed by atoms with Crippen LogP contribution in [0.5, 0.6) is 0 Å². The zero-order valence-electron chi connectivity index (χ0n) is 8.67. The molecule has 80 valence electrons. The summed E-state index contributed by atoms with van der Waals surface area (Å²) in [5, 5.41) is 3.05. The summed E-state index contributed by atoms with van der Waals surface area (Å²) in [7, 11) is 0. The maximum absolute atomic E-state index is 11.4. The molecule has 0 heterocycles. The number of carbonyl (C=O) groups excluding carboxylic acids is 1. The minimum absolute atomic E-state index is 0.134. The molecule has 3 N–H and O–H groups in total. The zero-order valence-corrected chi connectivity index (χ0v) is 8.67. The quantitative estimate of drug-likeness (QED) is 0.649. The molecule has 2 atom stereocenters. The van der Waals surface area contributed by atoms with Crippen LogP contribution in [0.15, 0.2) is 12.7 Å². The maximum atomic E-state index is 11.4. The third-order valence-electron chi connectivity index (χ3n) is 2.88. The number of nitrogens with two attached hydrogens (primary N) is 1. The van der Waals surface area contributed by atoms with Crippen molar-refractivity contribution in [2.24, 2.45) is 11.7 Å². The van der Waals surface area contributed by atoms with Crippen LogP contribution >= 0.6 is 0 Å². The lowest BCUT2D eigenvalue weighted by molar-refractivity contribution is -0.121. The average molecular weight is 196 g/mol. The molecule has 0 radical (unpaired) electrons. The molecule has 0 aliphatic heterocycles. The first-order valence-corrected chi connectivity index (χ1v) is 5.38. The second-order valence-corrected chi connectivity index (χ2v) is 3.93. The van der Waals surface area contributed by atoms with Crippen molar-refractivity contribution >= 4 is 5.91 Å². The molecule has 1 amide bonds. The van der Waals surface area contributed by atoms with Crippen molar-refractivity contribution in [1.82, 2.24) is 5.32 Å². The minimum Gasteiger partial charge on any atom is -0.353 e. The van der Waals surface area contributed by atoms with E-state index in [0.29, 0.717) is 24.9 Å². The first-order chi connectivity index (χ1) is 6.77. The van der Waals surface area contributed by atoms with Crippen molar-refractivity contribution in [3.8, 4) is 0 Å². The highest BCUT2D eigenvalue weighted by Crippen LogP contribution is 2.24. The van der Waals surface area contributed by atoms with Gasteiger partial charge in [0.1, 0.15) is 0 Å². The van der Waals surface area contributed by atoms with Crippen LogP contribution in [0.3, 0.4) is 0 Å². The van der Waals surface area contributed by atoms with E-state index in [9.17, 15) is 4.79 Å². The van der Waals surface area contributed by atoms with E-state index in [1.165, 1.54) is 6.42 Å². The first-order valence-electron chi connectivity index (χ1n) is 5.38. The van der Waals surface area contributed by atoms with Crippen LogP contribution in [0.25, 0.3) is 0 Å². The molecule has 3 nitrogen and oxygen atoms in total. The fourth-order valence-electron chi connectivity index (χ4n) is 2.02. The zero-order chi connectivity index (χ0) is 10.4. The Morgan fingerprint density at radius 3 is 3.00 bits per heavy atom. The molecule has 0 saturated heterocycles. The molecule has 14 heavy (non-hydrogen) atoms. The van der Waals surface area contributed by atoms with Crippen LogP contribution in [0.1, 0.15) is 32.1 Å². The molecular formula is C11H20N2O. The Hall–Kier alpha value is -0.830. The molecule has 3 heteroatoms.